The van der Waals surface area contributed by atoms with E-state index in [2.05, 4.69) is 44.6 Å². The largest absolute Gasteiger partial charge is 0.393 e. The fourth-order valence-electron chi connectivity index (χ4n) is 8.64. The van der Waals surface area contributed by atoms with E-state index in [0.717, 1.165) is 57.1 Å². The van der Waals surface area contributed by atoms with Gasteiger partial charge < -0.3 is 19.7 Å². The maximum atomic E-state index is 12.5. The van der Waals surface area contributed by atoms with E-state index in [1.165, 1.54) is 5.57 Å². The molecule has 0 amide bonds. The summed E-state index contributed by atoms with van der Waals surface area (Å²) in [7, 11) is -0.874. The third kappa shape index (κ3) is 3.89. The van der Waals surface area contributed by atoms with Crippen LogP contribution in [0.2, 0.25) is 0 Å². The van der Waals surface area contributed by atoms with Crippen LogP contribution < -0.4 is 0 Å². The molecule has 5 aliphatic rings. The molecular formula is C27H44O4S. The highest BCUT2D eigenvalue weighted by atomic mass is 32.3. The molecule has 1 aliphatic heterocycles. The molecule has 4 nitrogen and oxygen atoms in total. The molecule has 2 N–H and O–H groups in total. The lowest BCUT2D eigenvalue weighted by atomic mass is 9.47. The lowest BCUT2D eigenvalue weighted by Gasteiger charge is -2.62. The first-order valence-corrected chi connectivity index (χ1v) is 15.5. The van der Waals surface area contributed by atoms with Crippen molar-refractivity contribution in [2.24, 2.45) is 29.1 Å². The van der Waals surface area contributed by atoms with Crippen LogP contribution in [0.25, 0.3) is 0 Å². The van der Waals surface area contributed by atoms with Gasteiger partial charge in [0, 0.05) is 24.0 Å². The second-order valence-corrected chi connectivity index (χ2v) is 16.4. The zero-order valence-electron chi connectivity index (χ0n) is 20.5. The van der Waals surface area contributed by atoms with Gasteiger partial charge in [0.25, 0.3) is 0 Å². The van der Waals surface area contributed by atoms with Crippen LogP contribution in [0, 0.1) is 41.9 Å². The molecule has 5 heteroatoms. The molecule has 0 bridgehead atoms. The molecule has 4 aliphatic carbocycles. The second-order valence-electron chi connectivity index (χ2n) is 11.9. The van der Waals surface area contributed by atoms with Crippen molar-refractivity contribution < 1.29 is 19.7 Å². The van der Waals surface area contributed by atoms with E-state index in [9.17, 15) is 10.2 Å². The molecule has 4 fully saturated rings. The first-order valence-electron chi connectivity index (χ1n) is 12.5. The Kier molecular flexibility index (Phi) is 6.62. The Morgan fingerprint density at radius 2 is 1.81 bits per heavy atom. The monoisotopic (exact) mass is 464 g/mol. The SMILES string of the molecule is C#C.CC[C@]12CC(O)(CS(C)(C)C)C3C4CCC5(CC4=CCC3C1CCC2O)OCCO5. The molecule has 7 atom stereocenters. The fourth-order valence-corrected chi connectivity index (χ4v) is 10.4. The second kappa shape index (κ2) is 8.61. The number of fused-ring (bicyclic) bond motifs is 5. The van der Waals surface area contributed by atoms with Crippen molar-refractivity contribution in [2.45, 2.75) is 75.8 Å². The van der Waals surface area contributed by atoms with Crippen LogP contribution in [-0.2, 0) is 9.47 Å². The van der Waals surface area contributed by atoms with E-state index in [0.29, 0.717) is 36.9 Å². The van der Waals surface area contributed by atoms with E-state index in [4.69, 9.17) is 9.47 Å². The topological polar surface area (TPSA) is 58.9 Å². The normalized spacial score (nSPS) is 45.1. The first kappa shape index (κ1) is 24.6. The highest BCUT2D eigenvalue weighted by molar-refractivity contribution is 8.32. The molecule has 0 radical (unpaired) electrons. The fraction of sp³-hybridized carbons (Fsp3) is 0.852. The molecule has 0 aromatic rings. The van der Waals surface area contributed by atoms with Crippen LogP contribution in [0.15, 0.2) is 11.6 Å². The van der Waals surface area contributed by atoms with E-state index < -0.39 is 21.4 Å². The summed E-state index contributed by atoms with van der Waals surface area (Å²) in [6, 6.07) is 0. The van der Waals surface area contributed by atoms with Gasteiger partial charge in [0.1, 0.15) is 0 Å². The molecule has 182 valence electrons. The first-order chi connectivity index (χ1) is 15.1. The average molecular weight is 465 g/mol. The summed E-state index contributed by atoms with van der Waals surface area (Å²) in [5, 5.41) is 23.6. The van der Waals surface area contributed by atoms with E-state index in [-0.39, 0.29) is 11.5 Å². The Morgan fingerprint density at radius 3 is 2.44 bits per heavy atom. The molecular weight excluding hydrogens is 420 g/mol. The highest BCUT2D eigenvalue weighted by Gasteiger charge is 2.65. The van der Waals surface area contributed by atoms with Gasteiger partial charge in [-0.3, -0.25) is 0 Å². The number of hydrogen-bond donors (Lipinski definition) is 2. The quantitative estimate of drug-likeness (QED) is 0.482. The van der Waals surface area contributed by atoms with E-state index in [1.807, 2.05) is 0 Å². The molecule has 0 aromatic heterocycles. The van der Waals surface area contributed by atoms with Crippen molar-refractivity contribution in [3.05, 3.63) is 11.6 Å². The molecule has 3 saturated carbocycles. The Bertz CT molecular complexity index is 748. The standard InChI is InChI=1S/C25H42O4S.C2H2/c1-5-23-15-24(27,16-30(2,3)4)22-18-10-11-25(28-12-13-29-25)14-17(18)6-7-19(22)20(23)8-9-21(23)26;1-2/h6,18-22,26-27H,5,7-16H2,1-4H3;1-2H/t18?,19?,20?,21?,22?,23-,24?;/m0./s1. The minimum absolute atomic E-state index is 0.0977. The number of hydrogen-bond acceptors (Lipinski definition) is 4. The zero-order chi connectivity index (χ0) is 23.4. The number of ether oxygens (including phenoxy) is 2. The lowest BCUT2D eigenvalue weighted by molar-refractivity contribution is -0.198. The van der Waals surface area contributed by atoms with Crippen molar-refractivity contribution in [1.82, 2.24) is 0 Å². The van der Waals surface area contributed by atoms with Crippen LogP contribution in [0.4, 0.5) is 0 Å². The number of aliphatic hydroxyl groups is 2. The third-order valence-electron chi connectivity index (χ3n) is 9.41. The minimum Gasteiger partial charge on any atom is -0.393 e. The van der Waals surface area contributed by atoms with Gasteiger partial charge in [-0.15, -0.1) is 12.8 Å². The summed E-state index contributed by atoms with van der Waals surface area (Å²) in [6.07, 6.45) is 25.0. The Hall–Kier alpha value is -0.510. The van der Waals surface area contributed by atoms with Crippen molar-refractivity contribution in [3.63, 3.8) is 0 Å². The molecule has 1 saturated heterocycles. The van der Waals surface area contributed by atoms with Gasteiger partial charge in [0.15, 0.2) is 5.79 Å². The summed E-state index contributed by atoms with van der Waals surface area (Å²) in [5.41, 5.74) is 0.705. The van der Waals surface area contributed by atoms with Crippen molar-refractivity contribution in [2.75, 3.05) is 37.7 Å². The summed E-state index contributed by atoms with van der Waals surface area (Å²) in [6.45, 7) is 3.66. The average Bonchev–Trinajstić information content (AvgIpc) is 3.32. The number of aliphatic hydroxyl groups excluding tert-OH is 1. The van der Waals surface area contributed by atoms with Crippen molar-refractivity contribution in [1.29, 1.82) is 0 Å². The van der Waals surface area contributed by atoms with Crippen molar-refractivity contribution >= 4 is 10.0 Å². The van der Waals surface area contributed by atoms with Crippen LogP contribution in [-0.4, -0.2) is 65.4 Å². The van der Waals surface area contributed by atoms with Crippen LogP contribution in [0.3, 0.4) is 0 Å². The predicted molar refractivity (Wildman–Crippen MR) is 133 cm³/mol. The molecule has 1 heterocycles. The molecule has 1 spiro atoms. The van der Waals surface area contributed by atoms with Gasteiger partial charge in [0.05, 0.1) is 24.9 Å². The number of rotatable bonds is 3. The summed E-state index contributed by atoms with van der Waals surface area (Å²) in [4.78, 5) is 0. The Morgan fingerprint density at radius 1 is 1.12 bits per heavy atom. The van der Waals surface area contributed by atoms with Gasteiger partial charge in [0.2, 0.25) is 0 Å². The number of allylic oxidation sites excluding steroid dienone is 1. The zero-order valence-corrected chi connectivity index (χ0v) is 21.3. The summed E-state index contributed by atoms with van der Waals surface area (Å²) < 4.78 is 12.1. The highest BCUT2D eigenvalue weighted by Crippen LogP contribution is 2.67. The Balaban J connectivity index is 0.00000119. The minimum atomic E-state index is -0.874. The lowest BCUT2D eigenvalue weighted by Crippen LogP contribution is -2.63. The van der Waals surface area contributed by atoms with Gasteiger partial charge in [-0.05, 0) is 81.0 Å². The van der Waals surface area contributed by atoms with Gasteiger partial charge in [-0.2, -0.15) is 0 Å². The number of terminal acetylenes is 1. The van der Waals surface area contributed by atoms with Gasteiger partial charge >= 0.3 is 0 Å². The molecule has 32 heavy (non-hydrogen) atoms. The molecule has 6 unspecified atom stereocenters. The van der Waals surface area contributed by atoms with Crippen LogP contribution in [0.5, 0.6) is 0 Å². The molecule has 5 rings (SSSR count). The maximum absolute atomic E-state index is 12.5. The molecule has 0 aromatic carbocycles. The van der Waals surface area contributed by atoms with E-state index >= 15 is 0 Å². The maximum Gasteiger partial charge on any atom is 0.172 e. The Labute approximate surface area is 196 Å². The van der Waals surface area contributed by atoms with E-state index in [1.54, 1.807) is 0 Å². The van der Waals surface area contributed by atoms with Crippen LogP contribution >= 0.6 is 10.0 Å². The van der Waals surface area contributed by atoms with Gasteiger partial charge in [-0.1, -0.05) is 18.6 Å². The summed E-state index contributed by atoms with van der Waals surface area (Å²) >= 11 is 0. The predicted octanol–water partition coefficient (Wildman–Crippen LogP) is 4.34. The van der Waals surface area contributed by atoms with Crippen LogP contribution in [0.1, 0.15) is 58.3 Å². The van der Waals surface area contributed by atoms with Crippen molar-refractivity contribution in [3.8, 4) is 12.8 Å². The van der Waals surface area contributed by atoms with Gasteiger partial charge in [-0.25, -0.2) is 10.0 Å². The summed E-state index contributed by atoms with van der Waals surface area (Å²) in [5.74, 6) is 2.30. The third-order valence-corrected chi connectivity index (χ3v) is 10.8. The smallest absolute Gasteiger partial charge is 0.172 e.